The highest BCUT2D eigenvalue weighted by Gasteiger charge is 2.24. The second kappa shape index (κ2) is 6.60. The van der Waals surface area contributed by atoms with Gasteiger partial charge < -0.3 is 5.11 Å². The number of aliphatic hydroxyl groups is 1. The minimum Gasteiger partial charge on any atom is -0.396 e. The Labute approximate surface area is 114 Å². The zero-order valence-electron chi connectivity index (χ0n) is 11.3. The number of rotatable bonds is 6. The Hall–Kier alpha value is -0.510. The average Bonchev–Trinajstić information content (AvgIpc) is 2.76. The minimum absolute atomic E-state index is 0.293. The van der Waals surface area contributed by atoms with E-state index in [0.29, 0.717) is 17.9 Å². The van der Waals surface area contributed by atoms with Crippen LogP contribution in [0.3, 0.4) is 0 Å². The predicted molar refractivity (Wildman–Crippen MR) is 78.2 cm³/mol. The van der Waals surface area contributed by atoms with Gasteiger partial charge in [-0.2, -0.15) is 0 Å². The number of fused-ring (bicyclic) bond motifs is 1. The van der Waals surface area contributed by atoms with E-state index in [4.69, 9.17) is 5.11 Å². The first-order valence-corrected chi connectivity index (χ1v) is 7.68. The van der Waals surface area contributed by atoms with E-state index >= 15 is 0 Å². The first-order chi connectivity index (χ1) is 8.70. The van der Waals surface area contributed by atoms with Crippen LogP contribution in [-0.2, 0) is 6.42 Å². The van der Waals surface area contributed by atoms with Gasteiger partial charge in [-0.3, -0.25) is 4.90 Å². The standard InChI is InChI=1S/C15H23NOS/c1-12(2)16(8-5-9-17)11-14-10-13-6-3-4-7-15(13)18-14/h3-4,6-7,12,14,17H,5,8-11H2,1-2H3. The minimum atomic E-state index is 0.293. The third-order valence-corrected chi connectivity index (χ3v) is 4.79. The van der Waals surface area contributed by atoms with Crippen molar-refractivity contribution in [3.05, 3.63) is 29.8 Å². The zero-order chi connectivity index (χ0) is 13.0. The third-order valence-electron chi connectivity index (χ3n) is 3.49. The Morgan fingerprint density at radius 3 is 2.83 bits per heavy atom. The molecule has 0 aliphatic carbocycles. The molecule has 0 saturated carbocycles. The molecule has 3 heteroatoms. The maximum absolute atomic E-state index is 8.97. The summed E-state index contributed by atoms with van der Waals surface area (Å²) in [6.07, 6.45) is 2.06. The van der Waals surface area contributed by atoms with Crippen molar-refractivity contribution in [3.8, 4) is 0 Å². The van der Waals surface area contributed by atoms with E-state index in [0.717, 1.165) is 19.5 Å². The molecule has 1 heterocycles. The molecule has 100 valence electrons. The fourth-order valence-electron chi connectivity index (χ4n) is 2.45. The second-order valence-electron chi connectivity index (χ2n) is 5.22. The highest BCUT2D eigenvalue weighted by molar-refractivity contribution is 8.00. The van der Waals surface area contributed by atoms with Crippen LogP contribution in [0.25, 0.3) is 0 Å². The first kappa shape index (κ1) is 13.9. The van der Waals surface area contributed by atoms with Crippen molar-refractivity contribution in [1.82, 2.24) is 4.90 Å². The topological polar surface area (TPSA) is 23.5 Å². The van der Waals surface area contributed by atoms with Crippen LogP contribution in [-0.4, -0.2) is 41.0 Å². The molecule has 0 amide bonds. The highest BCUT2D eigenvalue weighted by atomic mass is 32.2. The summed E-state index contributed by atoms with van der Waals surface area (Å²) >= 11 is 2.01. The Balaban J connectivity index is 1.90. The van der Waals surface area contributed by atoms with Crippen molar-refractivity contribution in [2.75, 3.05) is 19.7 Å². The van der Waals surface area contributed by atoms with Crippen LogP contribution in [0, 0.1) is 0 Å². The number of hydrogen-bond donors (Lipinski definition) is 1. The van der Waals surface area contributed by atoms with Gasteiger partial charge in [-0.1, -0.05) is 18.2 Å². The summed E-state index contributed by atoms with van der Waals surface area (Å²) in [4.78, 5) is 3.94. The van der Waals surface area contributed by atoms with E-state index in [-0.39, 0.29) is 0 Å². The van der Waals surface area contributed by atoms with Gasteiger partial charge in [-0.25, -0.2) is 0 Å². The van der Waals surface area contributed by atoms with Crippen molar-refractivity contribution >= 4 is 11.8 Å². The number of hydrogen-bond acceptors (Lipinski definition) is 3. The van der Waals surface area contributed by atoms with E-state index in [2.05, 4.69) is 43.0 Å². The molecule has 0 saturated heterocycles. The molecule has 0 spiro atoms. The van der Waals surface area contributed by atoms with Crippen molar-refractivity contribution in [2.45, 2.75) is 42.9 Å². The zero-order valence-corrected chi connectivity index (χ0v) is 12.1. The first-order valence-electron chi connectivity index (χ1n) is 6.80. The molecule has 18 heavy (non-hydrogen) atoms. The van der Waals surface area contributed by atoms with Gasteiger partial charge in [0.2, 0.25) is 0 Å². The Kier molecular flexibility index (Phi) is 5.10. The molecule has 1 aromatic rings. The van der Waals surface area contributed by atoms with E-state index < -0.39 is 0 Å². The fourth-order valence-corrected chi connectivity index (χ4v) is 3.80. The molecule has 1 aliphatic rings. The maximum Gasteiger partial charge on any atom is 0.0443 e. The van der Waals surface area contributed by atoms with Crippen LogP contribution in [0.2, 0.25) is 0 Å². The summed E-state index contributed by atoms with van der Waals surface area (Å²) in [5.41, 5.74) is 1.50. The highest BCUT2D eigenvalue weighted by Crippen LogP contribution is 2.37. The van der Waals surface area contributed by atoms with Gasteiger partial charge in [-0.05, 0) is 38.3 Å². The lowest BCUT2D eigenvalue weighted by atomic mass is 10.1. The Morgan fingerprint density at radius 2 is 2.17 bits per heavy atom. The molecule has 0 fully saturated rings. The SMILES string of the molecule is CC(C)N(CCCO)CC1Cc2ccccc2S1. The average molecular weight is 265 g/mol. The van der Waals surface area contributed by atoms with Crippen LogP contribution < -0.4 is 0 Å². The quantitative estimate of drug-likeness (QED) is 0.855. The Bertz CT molecular complexity index is 356. The van der Waals surface area contributed by atoms with E-state index in [1.807, 2.05) is 11.8 Å². The van der Waals surface area contributed by atoms with E-state index in [1.165, 1.54) is 16.9 Å². The van der Waals surface area contributed by atoms with E-state index in [9.17, 15) is 0 Å². The molecule has 1 N–H and O–H groups in total. The van der Waals surface area contributed by atoms with Gasteiger partial charge in [-0.15, -0.1) is 11.8 Å². The maximum atomic E-state index is 8.97. The molecule has 2 rings (SSSR count). The van der Waals surface area contributed by atoms with Gasteiger partial charge in [0.1, 0.15) is 0 Å². The molecule has 0 radical (unpaired) electrons. The largest absolute Gasteiger partial charge is 0.396 e. The molecule has 2 nitrogen and oxygen atoms in total. The van der Waals surface area contributed by atoms with Crippen LogP contribution in [0.5, 0.6) is 0 Å². The third kappa shape index (κ3) is 3.50. The smallest absolute Gasteiger partial charge is 0.0443 e. The second-order valence-corrected chi connectivity index (χ2v) is 6.56. The molecule has 0 bridgehead atoms. The van der Waals surface area contributed by atoms with Gasteiger partial charge in [0.05, 0.1) is 0 Å². The monoisotopic (exact) mass is 265 g/mol. The summed E-state index contributed by atoms with van der Waals surface area (Å²) in [7, 11) is 0. The van der Waals surface area contributed by atoms with E-state index in [1.54, 1.807) is 0 Å². The summed E-state index contributed by atoms with van der Waals surface area (Å²) in [5.74, 6) is 0. The Morgan fingerprint density at radius 1 is 1.39 bits per heavy atom. The summed E-state index contributed by atoms with van der Waals surface area (Å²) in [6.45, 7) is 6.90. The summed E-state index contributed by atoms with van der Waals surface area (Å²) in [6, 6.07) is 9.29. The number of benzene rings is 1. The van der Waals surface area contributed by atoms with Crippen molar-refractivity contribution in [1.29, 1.82) is 0 Å². The lowest BCUT2D eigenvalue weighted by Gasteiger charge is -2.28. The van der Waals surface area contributed by atoms with Crippen LogP contribution >= 0.6 is 11.8 Å². The lowest BCUT2D eigenvalue weighted by Crippen LogP contribution is -2.37. The molecule has 1 aliphatic heterocycles. The molecule has 0 aromatic heterocycles. The molecule has 1 aromatic carbocycles. The summed E-state index contributed by atoms with van der Waals surface area (Å²) in [5, 5.41) is 9.64. The van der Waals surface area contributed by atoms with Crippen molar-refractivity contribution < 1.29 is 5.11 Å². The van der Waals surface area contributed by atoms with Gasteiger partial charge >= 0.3 is 0 Å². The number of thioether (sulfide) groups is 1. The summed E-state index contributed by atoms with van der Waals surface area (Å²) < 4.78 is 0. The molecule has 1 atom stereocenters. The molecule has 1 unspecified atom stereocenters. The van der Waals surface area contributed by atoms with Crippen LogP contribution in [0.15, 0.2) is 29.2 Å². The number of aliphatic hydroxyl groups excluding tert-OH is 1. The van der Waals surface area contributed by atoms with Gasteiger partial charge in [0, 0.05) is 35.9 Å². The lowest BCUT2D eigenvalue weighted by molar-refractivity contribution is 0.192. The van der Waals surface area contributed by atoms with Gasteiger partial charge in [0.25, 0.3) is 0 Å². The molecular weight excluding hydrogens is 242 g/mol. The fraction of sp³-hybridized carbons (Fsp3) is 0.600. The van der Waals surface area contributed by atoms with Crippen LogP contribution in [0.1, 0.15) is 25.8 Å². The molecular formula is C15H23NOS. The van der Waals surface area contributed by atoms with Crippen molar-refractivity contribution in [2.24, 2.45) is 0 Å². The predicted octanol–water partition coefficient (Wildman–Crippen LogP) is 2.80. The number of nitrogens with zero attached hydrogens (tertiary/aromatic N) is 1. The van der Waals surface area contributed by atoms with Gasteiger partial charge in [0.15, 0.2) is 0 Å². The van der Waals surface area contributed by atoms with Crippen molar-refractivity contribution in [3.63, 3.8) is 0 Å². The van der Waals surface area contributed by atoms with Crippen LogP contribution in [0.4, 0.5) is 0 Å². The normalized spacial score (nSPS) is 18.6.